The van der Waals surface area contributed by atoms with Crippen molar-refractivity contribution in [1.82, 2.24) is 15.0 Å². The first-order valence-corrected chi connectivity index (χ1v) is 25.5. The standard InChI is InChI=1S/C32H32N2.C15H24BNO2.C14H8Br2/c1-31(2,3)21-15-17-33-27(19-21)29-23-11-7-9-13-25(23)30(26-14-10-8-12-24(26)29)28-20-22(16-18-34-28)32(4,5)6;1-13(2,3)11-8-9-17-12(10-11)16-18-14(4,5)15(6,7)19-16;15-13-9-5-1-2-6-10(9)14(16)12-8-4-3-7-11(12)13/h7-20H,1-6H3;8-10H,1-7H3;1-8H. The topological polar surface area (TPSA) is 57.1 Å². The maximum atomic E-state index is 6.03. The summed E-state index contributed by atoms with van der Waals surface area (Å²) >= 11 is 7.39. The Morgan fingerprint density at radius 3 is 0.971 bits per heavy atom. The van der Waals surface area contributed by atoms with Gasteiger partial charge in [0.1, 0.15) is 0 Å². The summed E-state index contributed by atoms with van der Waals surface area (Å²) in [4.78, 5) is 14.1. The lowest BCUT2D eigenvalue weighted by Crippen LogP contribution is -2.41. The van der Waals surface area contributed by atoms with E-state index in [9.17, 15) is 0 Å². The maximum absolute atomic E-state index is 6.03. The van der Waals surface area contributed by atoms with Gasteiger partial charge < -0.3 is 9.31 Å². The number of hydrogen-bond acceptors (Lipinski definition) is 5. The van der Waals surface area contributed by atoms with E-state index in [4.69, 9.17) is 19.3 Å². The average molecular weight is 1040 g/mol. The Morgan fingerprint density at radius 1 is 0.391 bits per heavy atom. The van der Waals surface area contributed by atoms with Crippen molar-refractivity contribution in [1.29, 1.82) is 0 Å². The molecule has 352 valence electrons. The van der Waals surface area contributed by atoms with Crippen LogP contribution in [-0.2, 0) is 25.6 Å². The Balaban J connectivity index is 0.000000154. The molecule has 0 spiro atoms. The van der Waals surface area contributed by atoms with Crippen molar-refractivity contribution in [3.05, 3.63) is 178 Å². The molecule has 0 saturated carbocycles. The molecular weight excluding hydrogens is 977 g/mol. The molecule has 1 saturated heterocycles. The molecule has 9 aromatic rings. The molecule has 1 aliphatic heterocycles. The number of hydrogen-bond donors (Lipinski definition) is 0. The summed E-state index contributed by atoms with van der Waals surface area (Å²) in [5.74, 6) is 0. The van der Waals surface area contributed by atoms with E-state index in [-0.39, 0.29) is 34.6 Å². The van der Waals surface area contributed by atoms with Gasteiger partial charge in [-0.3, -0.25) is 15.0 Å². The van der Waals surface area contributed by atoms with Crippen molar-refractivity contribution >= 4 is 87.7 Å². The summed E-state index contributed by atoms with van der Waals surface area (Å²) in [6.07, 6.45) is 5.73. The third-order valence-corrected chi connectivity index (χ3v) is 15.3. The molecule has 1 aliphatic rings. The molecule has 0 aliphatic carbocycles. The van der Waals surface area contributed by atoms with Crippen LogP contribution in [0.15, 0.2) is 161 Å². The zero-order chi connectivity index (χ0) is 49.7. The van der Waals surface area contributed by atoms with Gasteiger partial charge in [0.05, 0.1) is 28.2 Å². The number of benzene rings is 6. The number of halogens is 2. The fourth-order valence-corrected chi connectivity index (χ4v) is 10.2. The molecule has 0 radical (unpaired) electrons. The third-order valence-electron chi connectivity index (χ3n) is 13.6. The van der Waals surface area contributed by atoms with E-state index in [1.807, 2.05) is 18.6 Å². The summed E-state index contributed by atoms with van der Waals surface area (Å²) in [5, 5.41) is 9.80. The van der Waals surface area contributed by atoms with Gasteiger partial charge in [0.15, 0.2) is 0 Å². The molecule has 10 rings (SSSR count). The van der Waals surface area contributed by atoms with Gasteiger partial charge in [0, 0.05) is 38.7 Å². The fraction of sp³-hybridized carbons (Fsp3) is 0.295. The molecule has 3 aromatic heterocycles. The molecule has 0 atom stereocenters. The molecule has 0 amide bonds. The minimum absolute atomic E-state index is 0.0561. The Kier molecular flexibility index (Phi) is 13.9. The van der Waals surface area contributed by atoms with Gasteiger partial charge in [-0.05, 0) is 172 Å². The van der Waals surface area contributed by atoms with E-state index in [1.165, 1.54) is 79.9 Å². The van der Waals surface area contributed by atoms with Crippen LogP contribution in [0.4, 0.5) is 0 Å². The first-order chi connectivity index (χ1) is 32.5. The van der Waals surface area contributed by atoms with Crippen LogP contribution in [0.25, 0.3) is 65.6 Å². The Morgan fingerprint density at radius 2 is 0.667 bits per heavy atom. The molecule has 1 fully saturated rings. The molecule has 4 heterocycles. The van der Waals surface area contributed by atoms with Crippen LogP contribution >= 0.6 is 31.9 Å². The normalized spacial score (nSPS) is 14.7. The second kappa shape index (κ2) is 19.2. The van der Waals surface area contributed by atoms with Crippen molar-refractivity contribution in [2.45, 2.75) is 117 Å². The molecule has 8 heteroatoms. The Hall–Kier alpha value is -5.25. The average Bonchev–Trinajstić information content (AvgIpc) is 3.55. The Labute approximate surface area is 426 Å². The molecule has 6 aromatic carbocycles. The lowest BCUT2D eigenvalue weighted by atomic mass is 9.79. The van der Waals surface area contributed by atoms with Crippen molar-refractivity contribution in [2.75, 3.05) is 0 Å². The minimum Gasteiger partial charge on any atom is -0.398 e. The lowest BCUT2D eigenvalue weighted by molar-refractivity contribution is 0.00578. The zero-order valence-corrected chi connectivity index (χ0v) is 45.6. The molecule has 0 N–H and O–H groups in total. The van der Waals surface area contributed by atoms with Gasteiger partial charge in [0.2, 0.25) is 0 Å². The summed E-state index contributed by atoms with van der Waals surface area (Å²) < 4.78 is 14.4. The van der Waals surface area contributed by atoms with Crippen LogP contribution in [0.2, 0.25) is 0 Å². The highest BCUT2D eigenvalue weighted by Gasteiger charge is 2.52. The van der Waals surface area contributed by atoms with E-state index in [0.717, 1.165) is 17.0 Å². The molecule has 5 nitrogen and oxygen atoms in total. The molecule has 0 unspecified atom stereocenters. The van der Waals surface area contributed by atoms with Gasteiger partial charge in [-0.25, -0.2) is 0 Å². The highest BCUT2D eigenvalue weighted by Crippen LogP contribution is 2.44. The van der Waals surface area contributed by atoms with Gasteiger partial charge in [0.25, 0.3) is 0 Å². The highest BCUT2D eigenvalue weighted by atomic mass is 79.9. The van der Waals surface area contributed by atoms with E-state index >= 15 is 0 Å². The van der Waals surface area contributed by atoms with Crippen LogP contribution in [0, 0.1) is 0 Å². The second-order valence-corrected chi connectivity index (χ2v) is 23.8. The largest absolute Gasteiger partial charge is 0.514 e. The highest BCUT2D eigenvalue weighted by molar-refractivity contribution is 9.11. The summed E-state index contributed by atoms with van der Waals surface area (Å²) in [6, 6.07) is 47.1. The predicted octanol–water partition coefficient (Wildman–Crippen LogP) is 16.9. The SMILES string of the molecule is Brc1c2ccccc2c(Br)c2ccccc12.CC(C)(C)c1ccnc(-c2c3ccccc3c(-c3cc(C(C)(C)C)ccn3)c3ccccc23)c1.CC(C)(C)c1ccnc(B2OC(C)(C)C(C)(C)O2)c1. The second-order valence-electron chi connectivity index (χ2n) is 22.2. The molecular formula is C61H64BBr2N3O2. The Bertz CT molecular complexity index is 3040. The summed E-state index contributed by atoms with van der Waals surface area (Å²) in [5.41, 5.74) is 8.64. The number of aromatic nitrogens is 3. The first kappa shape index (κ1) is 50.2. The van der Waals surface area contributed by atoms with Gasteiger partial charge in [-0.15, -0.1) is 0 Å². The van der Waals surface area contributed by atoms with E-state index in [1.54, 1.807) is 0 Å². The van der Waals surface area contributed by atoms with Gasteiger partial charge in [-0.2, -0.15) is 0 Å². The summed E-state index contributed by atoms with van der Waals surface area (Å²) in [7, 11) is -0.382. The van der Waals surface area contributed by atoms with E-state index < -0.39 is 0 Å². The third kappa shape index (κ3) is 10.3. The minimum atomic E-state index is -0.382. The van der Waals surface area contributed by atoms with Crippen molar-refractivity contribution in [3.8, 4) is 22.5 Å². The zero-order valence-electron chi connectivity index (χ0n) is 42.4. The number of pyridine rings is 3. The van der Waals surface area contributed by atoms with Crippen LogP contribution in [0.1, 0.15) is 107 Å². The van der Waals surface area contributed by atoms with Gasteiger partial charge in [-0.1, -0.05) is 159 Å². The molecule has 0 bridgehead atoms. The number of fused-ring (bicyclic) bond motifs is 4. The van der Waals surface area contributed by atoms with Crippen LogP contribution in [-0.4, -0.2) is 33.3 Å². The van der Waals surface area contributed by atoms with Crippen LogP contribution < -0.4 is 5.59 Å². The van der Waals surface area contributed by atoms with Crippen LogP contribution in [0.5, 0.6) is 0 Å². The quantitative estimate of drug-likeness (QED) is 0.130. The fourth-order valence-electron chi connectivity index (χ4n) is 8.78. The lowest BCUT2D eigenvalue weighted by Gasteiger charge is -2.32. The predicted molar refractivity (Wildman–Crippen MR) is 301 cm³/mol. The molecule has 69 heavy (non-hydrogen) atoms. The van der Waals surface area contributed by atoms with E-state index in [2.05, 4.69) is 260 Å². The maximum Gasteiger partial charge on any atom is 0.514 e. The van der Waals surface area contributed by atoms with Crippen molar-refractivity contribution in [3.63, 3.8) is 0 Å². The van der Waals surface area contributed by atoms with Crippen LogP contribution in [0.3, 0.4) is 0 Å². The summed E-state index contributed by atoms with van der Waals surface area (Å²) in [6.45, 7) is 28.3. The monoisotopic (exact) mass is 1040 g/mol. The van der Waals surface area contributed by atoms with E-state index in [0.29, 0.717) is 0 Å². The number of rotatable bonds is 3. The van der Waals surface area contributed by atoms with Crippen molar-refractivity contribution in [2.24, 2.45) is 0 Å². The van der Waals surface area contributed by atoms with Crippen molar-refractivity contribution < 1.29 is 9.31 Å². The number of nitrogens with zero attached hydrogens (tertiary/aromatic N) is 3. The first-order valence-electron chi connectivity index (χ1n) is 23.9. The van der Waals surface area contributed by atoms with Gasteiger partial charge >= 0.3 is 7.12 Å². The smallest absolute Gasteiger partial charge is 0.398 e.